The summed E-state index contributed by atoms with van der Waals surface area (Å²) in [4.78, 5) is 32.3. The van der Waals surface area contributed by atoms with Crippen LogP contribution < -0.4 is 0 Å². The number of unbranched alkanes of at least 4 members (excludes halogenated alkanes) is 9. The molecule has 0 unspecified atom stereocenters. The van der Waals surface area contributed by atoms with Crippen LogP contribution >= 0.6 is 11.6 Å². The van der Waals surface area contributed by atoms with Crippen LogP contribution in [-0.2, 0) is 4.74 Å². The molecule has 0 saturated heterocycles. The van der Waals surface area contributed by atoms with E-state index in [1.807, 2.05) is 0 Å². The molecular weight excluding hydrogens is 388 g/mol. The Kier molecular flexibility index (Phi) is 11.1. The van der Waals surface area contributed by atoms with Crippen LogP contribution in [-0.4, -0.2) is 22.4 Å². The van der Waals surface area contributed by atoms with Gasteiger partial charge in [-0.3, -0.25) is 20.2 Å². The van der Waals surface area contributed by atoms with Gasteiger partial charge in [0.1, 0.15) is 0 Å². The molecule has 0 fully saturated rings. The van der Waals surface area contributed by atoms with Crippen LogP contribution in [0, 0.1) is 20.2 Å². The second kappa shape index (κ2) is 13.0. The second-order valence-corrected chi connectivity index (χ2v) is 7.04. The number of benzene rings is 1. The summed E-state index contributed by atoms with van der Waals surface area (Å²) in [6.07, 6.45) is 11.4. The molecule has 0 aliphatic heterocycles. The number of rotatable bonds is 14. The number of hydrogen-bond donors (Lipinski definition) is 0. The third kappa shape index (κ3) is 8.21. The Morgan fingerprint density at radius 1 is 0.893 bits per heavy atom. The Morgan fingerprint density at radius 2 is 1.32 bits per heavy atom. The van der Waals surface area contributed by atoms with Gasteiger partial charge in [0.15, 0.2) is 5.02 Å². The van der Waals surface area contributed by atoms with Crippen LogP contribution in [0.1, 0.15) is 81.5 Å². The van der Waals surface area contributed by atoms with Crippen LogP contribution in [0.5, 0.6) is 0 Å². The Labute approximate surface area is 169 Å². The number of ether oxygens (including phenoxy) is 1. The van der Waals surface area contributed by atoms with Crippen molar-refractivity contribution >= 4 is 28.9 Å². The third-order valence-electron chi connectivity index (χ3n) is 4.39. The summed E-state index contributed by atoms with van der Waals surface area (Å²) in [6, 6.07) is 1.80. The molecule has 0 amide bonds. The van der Waals surface area contributed by atoms with E-state index < -0.39 is 32.2 Å². The highest BCUT2D eigenvalue weighted by molar-refractivity contribution is 6.35. The van der Waals surface area contributed by atoms with E-state index >= 15 is 0 Å². The van der Waals surface area contributed by atoms with Crippen LogP contribution in [0.2, 0.25) is 5.02 Å². The molecule has 0 saturated carbocycles. The molecule has 0 atom stereocenters. The standard InChI is InChI=1S/C19H27ClN2O6/c1-2-3-4-5-6-7-8-9-10-11-12-28-19(23)15-13-16(21(24)25)18(20)17(14-15)22(26)27/h13-14H,2-12H2,1H3. The van der Waals surface area contributed by atoms with E-state index in [4.69, 9.17) is 16.3 Å². The first kappa shape index (κ1) is 23.8. The smallest absolute Gasteiger partial charge is 0.338 e. The molecule has 28 heavy (non-hydrogen) atoms. The zero-order valence-electron chi connectivity index (χ0n) is 16.2. The Balaban J connectivity index is 2.38. The normalized spacial score (nSPS) is 10.6. The summed E-state index contributed by atoms with van der Waals surface area (Å²) < 4.78 is 5.08. The minimum absolute atomic E-state index is 0.166. The van der Waals surface area contributed by atoms with Gasteiger partial charge in [-0.1, -0.05) is 76.3 Å². The molecule has 1 rings (SSSR count). The maximum Gasteiger partial charge on any atom is 0.338 e. The van der Waals surface area contributed by atoms with Gasteiger partial charge in [-0.2, -0.15) is 0 Å². The minimum atomic E-state index is -0.867. The van der Waals surface area contributed by atoms with Crippen molar-refractivity contribution in [2.24, 2.45) is 0 Å². The molecule has 0 spiro atoms. The molecule has 0 aliphatic carbocycles. The number of esters is 1. The van der Waals surface area contributed by atoms with Crippen molar-refractivity contribution in [1.82, 2.24) is 0 Å². The first-order valence-corrected chi connectivity index (χ1v) is 10.1. The van der Waals surface area contributed by atoms with Gasteiger partial charge in [0.2, 0.25) is 0 Å². The Morgan fingerprint density at radius 3 is 1.75 bits per heavy atom. The summed E-state index contributed by atoms with van der Waals surface area (Å²) in [5, 5.41) is 21.3. The quantitative estimate of drug-likeness (QED) is 0.154. The molecular formula is C19H27ClN2O6. The molecule has 156 valence electrons. The highest BCUT2D eigenvalue weighted by Crippen LogP contribution is 2.35. The van der Waals surface area contributed by atoms with Crippen molar-refractivity contribution in [3.63, 3.8) is 0 Å². The second-order valence-electron chi connectivity index (χ2n) is 6.66. The fourth-order valence-electron chi connectivity index (χ4n) is 2.82. The monoisotopic (exact) mass is 414 g/mol. The molecule has 0 radical (unpaired) electrons. The first-order valence-electron chi connectivity index (χ1n) is 9.68. The minimum Gasteiger partial charge on any atom is -0.462 e. The largest absolute Gasteiger partial charge is 0.462 e. The van der Waals surface area contributed by atoms with E-state index in [9.17, 15) is 25.0 Å². The fourth-order valence-corrected chi connectivity index (χ4v) is 3.06. The van der Waals surface area contributed by atoms with Crippen molar-refractivity contribution in [3.05, 3.63) is 42.9 Å². The van der Waals surface area contributed by atoms with Gasteiger partial charge in [-0.15, -0.1) is 0 Å². The number of nitro benzene ring substituents is 2. The maximum atomic E-state index is 12.1. The molecule has 0 aliphatic rings. The number of carbonyl (C=O) groups is 1. The summed E-state index contributed by atoms with van der Waals surface area (Å²) in [7, 11) is 0. The predicted octanol–water partition coefficient (Wildman–Crippen LogP) is 6.23. The lowest BCUT2D eigenvalue weighted by molar-refractivity contribution is -0.393. The average Bonchev–Trinajstić information content (AvgIpc) is 2.65. The van der Waals surface area contributed by atoms with E-state index in [1.54, 1.807) is 0 Å². The Hall–Kier alpha value is -2.22. The molecule has 1 aromatic rings. The van der Waals surface area contributed by atoms with Crippen LogP contribution in [0.15, 0.2) is 12.1 Å². The number of carbonyl (C=O) groups excluding carboxylic acids is 1. The van der Waals surface area contributed by atoms with E-state index in [1.165, 1.54) is 38.5 Å². The molecule has 9 heteroatoms. The van der Waals surface area contributed by atoms with Crippen molar-refractivity contribution in [2.75, 3.05) is 6.61 Å². The van der Waals surface area contributed by atoms with Crippen molar-refractivity contribution < 1.29 is 19.4 Å². The van der Waals surface area contributed by atoms with E-state index in [0.717, 1.165) is 31.4 Å². The predicted molar refractivity (Wildman–Crippen MR) is 107 cm³/mol. The highest BCUT2D eigenvalue weighted by atomic mass is 35.5. The molecule has 0 heterocycles. The van der Waals surface area contributed by atoms with E-state index in [-0.39, 0.29) is 12.2 Å². The molecule has 8 nitrogen and oxygen atoms in total. The first-order chi connectivity index (χ1) is 13.4. The van der Waals surface area contributed by atoms with Crippen LogP contribution in [0.25, 0.3) is 0 Å². The number of hydrogen-bond acceptors (Lipinski definition) is 6. The fraction of sp³-hybridized carbons (Fsp3) is 0.632. The highest BCUT2D eigenvalue weighted by Gasteiger charge is 2.27. The van der Waals surface area contributed by atoms with Gasteiger partial charge in [0, 0.05) is 12.1 Å². The van der Waals surface area contributed by atoms with Gasteiger partial charge in [0.25, 0.3) is 11.4 Å². The molecule has 0 aromatic heterocycles. The summed E-state index contributed by atoms with van der Waals surface area (Å²) >= 11 is 5.66. The number of nitrogens with zero attached hydrogens (tertiary/aromatic N) is 2. The zero-order valence-corrected chi connectivity index (χ0v) is 16.9. The summed E-state index contributed by atoms with van der Waals surface area (Å²) in [5.74, 6) is -0.834. The molecule has 0 N–H and O–H groups in total. The van der Waals surface area contributed by atoms with Gasteiger partial charge < -0.3 is 4.74 Å². The maximum absolute atomic E-state index is 12.1. The molecule has 0 bridgehead atoms. The lowest BCUT2D eigenvalue weighted by Crippen LogP contribution is -2.08. The molecule has 1 aromatic carbocycles. The number of nitro groups is 2. The van der Waals surface area contributed by atoms with Gasteiger partial charge >= 0.3 is 5.97 Å². The van der Waals surface area contributed by atoms with Crippen molar-refractivity contribution in [3.8, 4) is 0 Å². The van der Waals surface area contributed by atoms with E-state index in [0.29, 0.717) is 6.42 Å². The van der Waals surface area contributed by atoms with Crippen LogP contribution in [0.4, 0.5) is 11.4 Å². The zero-order chi connectivity index (χ0) is 20.9. The topological polar surface area (TPSA) is 113 Å². The van der Waals surface area contributed by atoms with Crippen LogP contribution in [0.3, 0.4) is 0 Å². The van der Waals surface area contributed by atoms with Gasteiger partial charge in [0.05, 0.1) is 22.0 Å². The lowest BCUT2D eigenvalue weighted by atomic mass is 10.1. The summed E-state index contributed by atoms with van der Waals surface area (Å²) in [6.45, 7) is 2.36. The summed E-state index contributed by atoms with van der Waals surface area (Å²) in [5.41, 5.74) is -1.64. The van der Waals surface area contributed by atoms with Gasteiger partial charge in [-0.25, -0.2) is 4.79 Å². The lowest BCUT2D eigenvalue weighted by Gasteiger charge is -2.06. The van der Waals surface area contributed by atoms with E-state index in [2.05, 4.69) is 6.92 Å². The number of halogens is 1. The van der Waals surface area contributed by atoms with Crippen molar-refractivity contribution in [1.29, 1.82) is 0 Å². The average molecular weight is 415 g/mol. The Bertz CT molecular complexity index is 645. The van der Waals surface area contributed by atoms with Gasteiger partial charge in [-0.05, 0) is 6.42 Å². The SMILES string of the molecule is CCCCCCCCCCCCOC(=O)c1cc([N+](=O)[O-])c(Cl)c([N+](=O)[O-])c1. The third-order valence-corrected chi connectivity index (χ3v) is 4.78. The van der Waals surface area contributed by atoms with Crippen molar-refractivity contribution in [2.45, 2.75) is 71.1 Å².